The van der Waals surface area contributed by atoms with Crippen LogP contribution in [0.3, 0.4) is 0 Å². The molecule has 1 aromatic heterocycles. The topological polar surface area (TPSA) is 64.4 Å². The van der Waals surface area contributed by atoms with Crippen LogP contribution in [-0.2, 0) is 0 Å². The second-order valence-electron chi connectivity index (χ2n) is 5.86. The number of fused-ring (bicyclic) bond motifs is 1. The highest BCUT2D eigenvalue weighted by atomic mass is 35.5. The van der Waals surface area contributed by atoms with Gasteiger partial charge in [0.05, 0.1) is 17.7 Å². The first kappa shape index (κ1) is 17.1. The molecule has 0 saturated heterocycles. The minimum absolute atomic E-state index is 0.283. The van der Waals surface area contributed by atoms with Crippen LogP contribution in [0, 0.1) is 0 Å². The fraction of sp³-hybridized carbons (Fsp3) is 0.0476. The van der Waals surface area contributed by atoms with Crippen molar-refractivity contribution in [2.45, 2.75) is 0 Å². The molecule has 4 aromatic rings. The minimum Gasteiger partial charge on any atom is -0.497 e. The maximum Gasteiger partial charge on any atom is 0.257 e. The summed E-state index contributed by atoms with van der Waals surface area (Å²) in [6, 6.07) is 19.7. The molecule has 0 bridgehead atoms. The summed E-state index contributed by atoms with van der Waals surface area (Å²) in [4.78, 5) is 16.9. The summed E-state index contributed by atoms with van der Waals surface area (Å²) in [5.41, 5.74) is 3.14. The molecule has 3 aromatic carbocycles. The number of hydrogen-bond donors (Lipinski definition) is 1. The number of carbonyl (C=O) groups is 1. The Bertz CT molecular complexity index is 1120. The van der Waals surface area contributed by atoms with Crippen molar-refractivity contribution < 1.29 is 13.9 Å². The molecule has 134 valence electrons. The first-order chi connectivity index (χ1) is 13.1. The van der Waals surface area contributed by atoms with Crippen molar-refractivity contribution in [3.05, 3.63) is 77.3 Å². The van der Waals surface area contributed by atoms with Gasteiger partial charge in [-0.3, -0.25) is 4.79 Å². The van der Waals surface area contributed by atoms with Gasteiger partial charge in [0.15, 0.2) is 5.58 Å². The van der Waals surface area contributed by atoms with E-state index in [4.69, 9.17) is 20.8 Å². The summed E-state index contributed by atoms with van der Waals surface area (Å²) < 4.78 is 11.0. The van der Waals surface area contributed by atoms with Crippen LogP contribution in [0.15, 0.2) is 71.1 Å². The average Bonchev–Trinajstić information content (AvgIpc) is 3.11. The molecule has 0 radical (unpaired) electrons. The Morgan fingerprint density at radius 2 is 1.85 bits per heavy atom. The molecule has 0 aliphatic heterocycles. The lowest BCUT2D eigenvalue weighted by Gasteiger charge is -2.06. The quantitative estimate of drug-likeness (QED) is 0.515. The van der Waals surface area contributed by atoms with E-state index in [1.807, 2.05) is 24.3 Å². The second-order valence-corrected chi connectivity index (χ2v) is 6.27. The van der Waals surface area contributed by atoms with Crippen molar-refractivity contribution in [1.82, 2.24) is 4.98 Å². The molecule has 4 rings (SSSR count). The van der Waals surface area contributed by atoms with Gasteiger partial charge in [-0.05, 0) is 48.5 Å². The molecule has 0 saturated carbocycles. The summed E-state index contributed by atoms with van der Waals surface area (Å²) in [6.45, 7) is 0. The first-order valence-corrected chi connectivity index (χ1v) is 8.63. The number of rotatable bonds is 4. The number of hydrogen-bond acceptors (Lipinski definition) is 4. The lowest BCUT2D eigenvalue weighted by Crippen LogP contribution is -2.12. The molecular formula is C21H15ClN2O3. The van der Waals surface area contributed by atoms with Crippen LogP contribution in [0.5, 0.6) is 5.75 Å². The van der Waals surface area contributed by atoms with E-state index in [-0.39, 0.29) is 5.91 Å². The van der Waals surface area contributed by atoms with Gasteiger partial charge in [0.25, 0.3) is 5.91 Å². The number of nitrogens with zero attached hydrogens (tertiary/aromatic N) is 1. The molecule has 0 fully saturated rings. The second kappa shape index (κ2) is 7.13. The lowest BCUT2D eigenvalue weighted by molar-refractivity contribution is 0.102. The van der Waals surface area contributed by atoms with E-state index in [2.05, 4.69) is 10.3 Å². The van der Waals surface area contributed by atoms with Crippen molar-refractivity contribution in [1.29, 1.82) is 0 Å². The van der Waals surface area contributed by atoms with Crippen LogP contribution in [0.1, 0.15) is 10.4 Å². The van der Waals surface area contributed by atoms with Gasteiger partial charge in [0, 0.05) is 17.3 Å². The third-order valence-corrected chi connectivity index (χ3v) is 4.43. The Hall–Kier alpha value is -3.31. The highest BCUT2D eigenvalue weighted by Crippen LogP contribution is 2.28. The SMILES string of the molecule is COc1ccc(-c2nc3ccc(NC(=O)c4ccccc4Cl)cc3o2)cc1. The Labute approximate surface area is 160 Å². The molecule has 6 heteroatoms. The van der Waals surface area contributed by atoms with Crippen molar-refractivity contribution >= 4 is 34.3 Å². The van der Waals surface area contributed by atoms with Gasteiger partial charge >= 0.3 is 0 Å². The average molecular weight is 379 g/mol. The smallest absolute Gasteiger partial charge is 0.257 e. The maximum absolute atomic E-state index is 12.4. The number of benzene rings is 3. The largest absolute Gasteiger partial charge is 0.497 e. The summed E-state index contributed by atoms with van der Waals surface area (Å²) in [5.74, 6) is 0.983. The highest BCUT2D eigenvalue weighted by Gasteiger charge is 2.12. The van der Waals surface area contributed by atoms with Crippen molar-refractivity contribution in [2.24, 2.45) is 0 Å². The van der Waals surface area contributed by atoms with Crippen LogP contribution >= 0.6 is 11.6 Å². The number of oxazole rings is 1. The zero-order valence-corrected chi connectivity index (χ0v) is 15.2. The molecule has 5 nitrogen and oxygen atoms in total. The first-order valence-electron chi connectivity index (χ1n) is 8.25. The third-order valence-electron chi connectivity index (χ3n) is 4.10. The van der Waals surface area contributed by atoms with Gasteiger partial charge < -0.3 is 14.5 Å². The number of halogens is 1. The van der Waals surface area contributed by atoms with Gasteiger partial charge in [-0.15, -0.1) is 0 Å². The molecular weight excluding hydrogens is 364 g/mol. The number of anilines is 1. The van der Waals surface area contributed by atoms with Gasteiger partial charge in [-0.1, -0.05) is 23.7 Å². The molecule has 0 spiro atoms. The molecule has 27 heavy (non-hydrogen) atoms. The number of carbonyl (C=O) groups excluding carboxylic acids is 1. The maximum atomic E-state index is 12.4. The summed E-state index contributed by atoms with van der Waals surface area (Å²) in [6.07, 6.45) is 0. The van der Waals surface area contributed by atoms with Crippen LogP contribution in [0.4, 0.5) is 5.69 Å². The summed E-state index contributed by atoms with van der Waals surface area (Å²) in [7, 11) is 1.62. The predicted octanol–water partition coefficient (Wildman–Crippen LogP) is 5.41. The monoisotopic (exact) mass is 378 g/mol. The van der Waals surface area contributed by atoms with Crippen LogP contribution in [0.2, 0.25) is 5.02 Å². The van der Waals surface area contributed by atoms with E-state index in [9.17, 15) is 4.79 Å². The zero-order valence-electron chi connectivity index (χ0n) is 14.4. The number of nitrogens with one attached hydrogen (secondary N) is 1. The van der Waals surface area contributed by atoms with Gasteiger partial charge in [-0.2, -0.15) is 0 Å². The van der Waals surface area contributed by atoms with Crippen LogP contribution < -0.4 is 10.1 Å². The number of amides is 1. The summed E-state index contributed by atoms with van der Waals surface area (Å²) in [5, 5.41) is 3.23. The molecule has 0 aliphatic rings. The Morgan fingerprint density at radius 1 is 1.07 bits per heavy atom. The van der Waals surface area contributed by atoms with E-state index in [1.54, 1.807) is 49.6 Å². The molecule has 1 heterocycles. The van der Waals surface area contributed by atoms with Crippen molar-refractivity contribution in [3.63, 3.8) is 0 Å². The van der Waals surface area contributed by atoms with Crippen molar-refractivity contribution in [2.75, 3.05) is 12.4 Å². The van der Waals surface area contributed by atoms with Gasteiger partial charge in [-0.25, -0.2) is 4.98 Å². The lowest BCUT2D eigenvalue weighted by atomic mass is 10.2. The molecule has 0 unspecified atom stereocenters. The van der Waals surface area contributed by atoms with E-state index >= 15 is 0 Å². The normalized spacial score (nSPS) is 10.7. The van der Waals surface area contributed by atoms with Crippen LogP contribution in [0.25, 0.3) is 22.6 Å². The Balaban J connectivity index is 1.60. The van der Waals surface area contributed by atoms with E-state index in [1.165, 1.54) is 0 Å². The molecule has 1 N–H and O–H groups in total. The Morgan fingerprint density at radius 3 is 2.59 bits per heavy atom. The van der Waals surface area contributed by atoms with E-state index in [0.29, 0.717) is 33.3 Å². The predicted molar refractivity (Wildman–Crippen MR) is 105 cm³/mol. The Kier molecular flexibility index (Phi) is 4.52. The van der Waals surface area contributed by atoms with E-state index < -0.39 is 0 Å². The minimum atomic E-state index is -0.283. The fourth-order valence-corrected chi connectivity index (χ4v) is 2.92. The number of methoxy groups -OCH3 is 1. The van der Waals surface area contributed by atoms with Gasteiger partial charge in [0.1, 0.15) is 11.3 Å². The highest BCUT2D eigenvalue weighted by molar-refractivity contribution is 6.34. The third kappa shape index (κ3) is 3.50. The van der Waals surface area contributed by atoms with E-state index in [0.717, 1.165) is 11.3 Å². The molecule has 0 aliphatic carbocycles. The van der Waals surface area contributed by atoms with Crippen LogP contribution in [-0.4, -0.2) is 18.0 Å². The zero-order chi connectivity index (χ0) is 18.8. The summed E-state index contributed by atoms with van der Waals surface area (Å²) >= 11 is 6.07. The number of ether oxygens (including phenoxy) is 1. The number of aromatic nitrogens is 1. The fourth-order valence-electron chi connectivity index (χ4n) is 2.70. The van der Waals surface area contributed by atoms with Crippen molar-refractivity contribution in [3.8, 4) is 17.2 Å². The molecule has 1 amide bonds. The standard InChI is InChI=1S/C21H15ClN2O3/c1-26-15-9-6-13(7-10-15)21-24-18-11-8-14(12-19(18)27-21)23-20(25)16-4-2-3-5-17(16)22/h2-12H,1H3,(H,23,25). The van der Waals surface area contributed by atoms with Gasteiger partial charge in [0.2, 0.25) is 5.89 Å². The molecule has 0 atom stereocenters.